The highest BCUT2D eigenvalue weighted by atomic mass is 32.2. The van der Waals surface area contributed by atoms with Gasteiger partial charge in [0.05, 0.1) is 16.7 Å². The topological polar surface area (TPSA) is 79.5 Å². The van der Waals surface area contributed by atoms with Gasteiger partial charge < -0.3 is 9.52 Å². The zero-order valence-corrected chi connectivity index (χ0v) is 13.8. The molecule has 1 aromatic heterocycles. The van der Waals surface area contributed by atoms with E-state index in [0.29, 0.717) is 18.9 Å². The van der Waals surface area contributed by atoms with E-state index in [1.54, 1.807) is 6.07 Å². The van der Waals surface area contributed by atoms with Crippen LogP contribution in [0.2, 0.25) is 0 Å². The van der Waals surface area contributed by atoms with Crippen molar-refractivity contribution in [2.45, 2.75) is 29.5 Å². The molecule has 1 saturated carbocycles. The maximum absolute atomic E-state index is 12.8. The Labute approximate surface area is 142 Å². The zero-order valence-electron chi connectivity index (χ0n) is 13.0. The molecule has 2 aromatic rings. The Morgan fingerprint density at radius 3 is 2.48 bits per heavy atom. The summed E-state index contributed by atoms with van der Waals surface area (Å²) in [5.74, 6) is 0.0598. The largest absolute Gasteiger partial charge is 0.466 e. The number of benzene rings is 1. The Bertz CT molecular complexity index is 845. The van der Waals surface area contributed by atoms with Crippen LogP contribution in [0.3, 0.4) is 0 Å². The molecule has 136 valence electrons. The van der Waals surface area contributed by atoms with E-state index in [-0.39, 0.29) is 18.2 Å². The van der Waals surface area contributed by atoms with E-state index in [9.17, 15) is 26.7 Å². The van der Waals surface area contributed by atoms with Crippen LogP contribution >= 0.6 is 0 Å². The van der Waals surface area contributed by atoms with Gasteiger partial charge in [0.1, 0.15) is 11.4 Å². The molecule has 3 rings (SSSR count). The van der Waals surface area contributed by atoms with Crippen molar-refractivity contribution in [3.05, 3.63) is 54.0 Å². The number of alkyl halides is 3. The lowest BCUT2D eigenvalue weighted by Crippen LogP contribution is -2.42. The van der Waals surface area contributed by atoms with Gasteiger partial charge in [-0.15, -0.1) is 0 Å². The summed E-state index contributed by atoms with van der Waals surface area (Å²) in [6.45, 7) is -0.385. The summed E-state index contributed by atoms with van der Waals surface area (Å²) in [4.78, 5) is -0.514. The van der Waals surface area contributed by atoms with Crippen LogP contribution in [0, 0.1) is 5.92 Å². The quantitative estimate of drug-likeness (QED) is 0.814. The van der Waals surface area contributed by atoms with Gasteiger partial charge in [0.15, 0.2) is 0 Å². The standard InChI is InChI=1S/C16H16F3NO4S/c17-16(18,19)12-3-1-4-13(9-12)25(22,23)20-10-15(21,11-6-7-11)14-5-2-8-24-14/h1-5,8-9,11,20-21H,6-7,10H2/t15-/m1/s1. The van der Waals surface area contributed by atoms with E-state index < -0.39 is 32.3 Å². The smallest absolute Gasteiger partial charge is 0.416 e. The van der Waals surface area contributed by atoms with Gasteiger partial charge in [0, 0.05) is 6.54 Å². The molecule has 1 aromatic carbocycles. The average molecular weight is 375 g/mol. The van der Waals surface area contributed by atoms with Gasteiger partial charge in [0.25, 0.3) is 0 Å². The predicted octanol–water partition coefficient (Wildman–Crippen LogP) is 2.87. The molecule has 2 N–H and O–H groups in total. The van der Waals surface area contributed by atoms with E-state index in [0.717, 1.165) is 18.2 Å². The number of hydrogen-bond acceptors (Lipinski definition) is 4. The molecular formula is C16H16F3NO4S. The Hall–Kier alpha value is -1.84. The normalized spacial score (nSPS) is 18.1. The van der Waals surface area contributed by atoms with Crippen LogP contribution in [0.1, 0.15) is 24.2 Å². The first-order chi connectivity index (χ1) is 11.6. The number of aliphatic hydroxyl groups is 1. The van der Waals surface area contributed by atoms with Crippen LogP contribution in [0.5, 0.6) is 0 Å². The number of halogens is 3. The fourth-order valence-electron chi connectivity index (χ4n) is 2.65. The third kappa shape index (κ3) is 3.73. The second-order valence-corrected chi connectivity index (χ2v) is 7.79. The van der Waals surface area contributed by atoms with Crippen molar-refractivity contribution in [1.82, 2.24) is 4.72 Å². The van der Waals surface area contributed by atoms with E-state index in [2.05, 4.69) is 4.72 Å². The summed E-state index contributed by atoms with van der Waals surface area (Å²) in [5.41, 5.74) is -2.59. The van der Waals surface area contributed by atoms with Gasteiger partial charge in [0.2, 0.25) is 10.0 Å². The molecular weight excluding hydrogens is 359 g/mol. The highest BCUT2D eigenvalue weighted by Crippen LogP contribution is 2.45. The lowest BCUT2D eigenvalue weighted by molar-refractivity contribution is -0.137. The van der Waals surface area contributed by atoms with Gasteiger partial charge in [-0.05, 0) is 49.1 Å². The summed E-state index contributed by atoms with van der Waals surface area (Å²) in [6, 6.07) is 6.56. The number of nitrogens with one attached hydrogen (secondary N) is 1. The average Bonchev–Trinajstić information content (AvgIpc) is 3.27. The van der Waals surface area contributed by atoms with Crippen molar-refractivity contribution >= 4 is 10.0 Å². The first-order valence-corrected chi connectivity index (χ1v) is 9.04. The maximum atomic E-state index is 12.8. The van der Waals surface area contributed by atoms with E-state index in [4.69, 9.17) is 4.42 Å². The predicted molar refractivity (Wildman–Crippen MR) is 82.0 cm³/mol. The zero-order chi connectivity index (χ0) is 18.3. The summed E-state index contributed by atoms with van der Waals surface area (Å²) < 4.78 is 70.4. The highest BCUT2D eigenvalue weighted by molar-refractivity contribution is 7.89. The summed E-state index contributed by atoms with van der Waals surface area (Å²) in [6.07, 6.45) is -1.86. The molecule has 0 unspecified atom stereocenters. The molecule has 0 radical (unpaired) electrons. The van der Waals surface area contributed by atoms with Crippen LogP contribution < -0.4 is 4.72 Å². The first kappa shape index (κ1) is 18.0. The SMILES string of the molecule is O=S(=O)(NC[C@](O)(c1ccco1)C1CC1)c1cccc(C(F)(F)F)c1. The molecule has 1 heterocycles. The fraction of sp³-hybridized carbons (Fsp3) is 0.375. The number of rotatable bonds is 6. The van der Waals surface area contributed by atoms with Crippen LogP contribution in [-0.4, -0.2) is 20.1 Å². The summed E-state index contributed by atoms with van der Waals surface area (Å²) in [7, 11) is -4.22. The molecule has 25 heavy (non-hydrogen) atoms. The summed E-state index contributed by atoms with van der Waals surface area (Å²) >= 11 is 0. The minimum atomic E-state index is -4.64. The second kappa shape index (κ2) is 6.15. The molecule has 9 heteroatoms. The lowest BCUT2D eigenvalue weighted by Gasteiger charge is -2.26. The van der Waals surface area contributed by atoms with Crippen molar-refractivity contribution < 1.29 is 31.1 Å². The maximum Gasteiger partial charge on any atom is 0.416 e. The Balaban J connectivity index is 1.82. The van der Waals surface area contributed by atoms with Crippen molar-refractivity contribution in [2.24, 2.45) is 5.92 Å². The van der Waals surface area contributed by atoms with E-state index in [1.165, 1.54) is 12.3 Å². The molecule has 0 saturated heterocycles. The van der Waals surface area contributed by atoms with Crippen LogP contribution in [0.15, 0.2) is 52.0 Å². The molecule has 0 aliphatic heterocycles. The molecule has 1 atom stereocenters. The van der Waals surface area contributed by atoms with Gasteiger partial charge in [-0.3, -0.25) is 0 Å². The van der Waals surface area contributed by atoms with Crippen molar-refractivity contribution in [1.29, 1.82) is 0 Å². The minimum absolute atomic E-state index is 0.164. The second-order valence-electron chi connectivity index (χ2n) is 6.03. The van der Waals surface area contributed by atoms with E-state index in [1.807, 2.05) is 0 Å². The Morgan fingerprint density at radius 1 is 1.20 bits per heavy atom. The van der Waals surface area contributed by atoms with Crippen molar-refractivity contribution in [3.63, 3.8) is 0 Å². The molecule has 1 fully saturated rings. The number of hydrogen-bond donors (Lipinski definition) is 2. The molecule has 0 bridgehead atoms. The minimum Gasteiger partial charge on any atom is -0.466 e. The van der Waals surface area contributed by atoms with Crippen LogP contribution in [-0.2, 0) is 21.8 Å². The Morgan fingerprint density at radius 2 is 1.92 bits per heavy atom. The molecule has 1 aliphatic carbocycles. The first-order valence-electron chi connectivity index (χ1n) is 7.56. The molecule has 0 amide bonds. The van der Waals surface area contributed by atoms with Gasteiger partial charge >= 0.3 is 6.18 Å². The molecule has 1 aliphatic rings. The molecule has 0 spiro atoms. The third-order valence-electron chi connectivity index (χ3n) is 4.20. The highest BCUT2D eigenvalue weighted by Gasteiger charge is 2.47. The Kier molecular flexibility index (Phi) is 4.42. The van der Waals surface area contributed by atoms with Crippen LogP contribution in [0.4, 0.5) is 13.2 Å². The van der Waals surface area contributed by atoms with E-state index >= 15 is 0 Å². The third-order valence-corrected chi connectivity index (χ3v) is 5.60. The van der Waals surface area contributed by atoms with Gasteiger partial charge in [-0.2, -0.15) is 13.2 Å². The monoisotopic (exact) mass is 375 g/mol. The van der Waals surface area contributed by atoms with Crippen LogP contribution in [0.25, 0.3) is 0 Å². The van der Waals surface area contributed by atoms with Gasteiger partial charge in [-0.1, -0.05) is 6.07 Å². The number of sulfonamides is 1. The van der Waals surface area contributed by atoms with Crippen molar-refractivity contribution in [2.75, 3.05) is 6.54 Å². The number of furan rings is 1. The fourth-order valence-corrected chi connectivity index (χ4v) is 3.76. The van der Waals surface area contributed by atoms with Gasteiger partial charge in [-0.25, -0.2) is 13.1 Å². The summed E-state index contributed by atoms with van der Waals surface area (Å²) in [5, 5.41) is 10.8. The lowest BCUT2D eigenvalue weighted by atomic mass is 9.95. The van der Waals surface area contributed by atoms with Crippen molar-refractivity contribution in [3.8, 4) is 0 Å². The molecule has 5 nitrogen and oxygen atoms in total.